The molecule has 0 aromatic heterocycles. The van der Waals surface area contributed by atoms with Crippen molar-refractivity contribution in [3.05, 3.63) is 59.7 Å². The number of ether oxygens (including phenoxy) is 2. The smallest absolute Gasteiger partial charge is 0.338 e. The normalized spacial score (nSPS) is 22.4. The van der Waals surface area contributed by atoms with Gasteiger partial charge in [-0.15, -0.1) is 0 Å². The Morgan fingerprint density at radius 2 is 1.09 bits per heavy atom. The molecule has 2 aliphatic carbocycles. The van der Waals surface area contributed by atoms with Crippen molar-refractivity contribution in [1.82, 2.24) is 0 Å². The second-order valence-electron chi connectivity index (χ2n) is 8.98. The largest absolute Gasteiger partial charge is 0.508 e. The standard InChI is InChI=1S/C10H18.2C9H10O3/c1-7-6-8(2)10-5-3-4-9(7)10;2*1-2-12-9(11)7-3-5-8(10)6-4-7/h7-10H,3-6H2,1-2H3;2*3-6,10H,2H2,1H3. The summed E-state index contributed by atoms with van der Waals surface area (Å²) in [5, 5.41) is 17.8. The number of carbonyl (C=O) groups is 2. The third-order valence-electron chi connectivity index (χ3n) is 6.59. The Kier molecular flexibility index (Phi) is 10.9. The highest BCUT2D eigenvalue weighted by atomic mass is 16.5. The molecule has 2 aromatic rings. The Hall–Kier alpha value is -3.02. The molecule has 2 saturated carbocycles. The average molecular weight is 471 g/mol. The summed E-state index contributed by atoms with van der Waals surface area (Å²) in [6.07, 6.45) is 6.10. The minimum absolute atomic E-state index is 0.142. The number of hydrogen-bond acceptors (Lipinski definition) is 6. The summed E-state index contributed by atoms with van der Waals surface area (Å²) in [4.78, 5) is 22.1. The molecule has 0 saturated heterocycles. The Labute approximate surface area is 202 Å². The third-order valence-corrected chi connectivity index (χ3v) is 6.59. The predicted octanol–water partition coefficient (Wildman–Crippen LogP) is 6.22. The number of benzene rings is 2. The zero-order valence-corrected chi connectivity index (χ0v) is 20.7. The maximum atomic E-state index is 11.1. The lowest BCUT2D eigenvalue weighted by Crippen LogP contribution is -2.07. The first-order chi connectivity index (χ1) is 16.3. The topological polar surface area (TPSA) is 93.1 Å². The van der Waals surface area contributed by atoms with E-state index in [0.29, 0.717) is 24.3 Å². The van der Waals surface area contributed by atoms with Crippen molar-refractivity contribution in [2.75, 3.05) is 13.2 Å². The molecule has 2 fully saturated rings. The summed E-state index contributed by atoms with van der Waals surface area (Å²) in [5.74, 6) is 3.89. The fourth-order valence-corrected chi connectivity index (χ4v) is 4.99. The predicted molar refractivity (Wildman–Crippen MR) is 132 cm³/mol. The van der Waals surface area contributed by atoms with Gasteiger partial charge in [0.05, 0.1) is 24.3 Å². The van der Waals surface area contributed by atoms with Gasteiger partial charge in [0.1, 0.15) is 11.5 Å². The van der Waals surface area contributed by atoms with Gasteiger partial charge in [0.25, 0.3) is 0 Å². The van der Waals surface area contributed by atoms with Gasteiger partial charge in [-0.2, -0.15) is 0 Å². The minimum atomic E-state index is -0.363. The lowest BCUT2D eigenvalue weighted by Gasteiger charge is -2.13. The lowest BCUT2D eigenvalue weighted by atomic mass is 9.92. The second-order valence-corrected chi connectivity index (χ2v) is 8.98. The molecular formula is C28H38O6. The average Bonchev–Trinajstić information content (AvgIpc) is 3.41. The summed E-state index contributed by atoms with van der Waals surface area (Å²) >= 11 is 0. The van der Waals surface area contributed by atoms with Crippen molar-refractivity contribution in [3.8, 4) is 11.5 Å². The highest BCUT2D eigenvalue weighted by molar-refractivity contribution is 5.89. The summed E-state index contributed by atoms with van der Waals surface area (Å²) in [6, 6.07) is 11.9. The number of phenolic OH excluding ortho intramolecular Hbond substituents is 2. The molecule has 34 heavy (non-hydrogen) atoms. The van der Waals surface area contributed by atoms with E-state index < -0.39 is 0 Å². The molecule has 2 aromatic carbocycles. The maximum Gasteiger partial charge on any atom is 0.338 e. The van der Waals surface area contributed by atoms with Crippen molar-refractivity contribution < 1.29 is 29.3 Å². The number of rotatable bonds is 4. The first-order valence-corrected chi connectivity index (χ1v) is 12.2. The van der Waals surface area contributed by atoms with E-state index in [2.05, 4.69) is 13.8 Å². The van der Waals surface area contributed by atoms with Crippen LogP contribution in [0.1, 0.15) is 74.1 Å². The Morgan fingerprint density at radius 1 is 0.735 bits per heavy atom. The van der Waals surface area contributed by atoms with Crippen molar-refractivity contribution in [3.63, 3.8) is 0 Å². The van der Waals surface area contributed by atoms with Crippen LogP contribution in [-0.2, 0) is 9.47 Å². The molecule has 0 amide bonds. The summed E-state index contributed by atoms with van der Waals surface area (Å²) < 4.78 is 9.49. The van der Waals surface area contributed by atoms with Gasteiger partial charge >= 0.3 is 11.9 Å². The minimum Gasteiger partial charge on any atom is -0.508 e. The Morgan fingerprint density at radius 3 is 1.41 bits per heavy atom. The van der Waals surface area contributed by atoms with E-state index in [4.69, 9.17) is 19.7 Å². The monoisotopic (exact) mass is 470 g/mol. The van der Waals surface area contributed by atoms with Crippen molar-refractivity contribution in [2.24, 2.45) is 23.7 Å². The van der Waals surface area contributed by atoms with E-state index in [0.717, 1.165) is 23.7 Å². The van der Waals surface area contributed by atoms with Crippen molar-refractivity contribution >= 4 is 11.9 Å². The molecule has 2 aliphatic rings. The second kappa shape index (κ2) is 13.6. The lowest BCUT2D eigenvalue weighted by molar-refractivity contribution is 0.0516. The van der Waals surface area contributed by atoms with Crippen LogP contribution in [0, 0.1) is 23.7 Å². The van der Waals surface area contributed by atoms with Crippen LogP contribution >= 0.6 is 0 Å². The third kappa shape index (κ3) is 8.08. The maximum absolute atomic E-state index is 11.1. The van der Waals surface area contributed by atoms with Gasteiger partial charge in [0, 0.05) is 0 Å². The molecule has 0 spiro atoms. The van der Waals surface area contributed by atoms with E-state index >= 15 is 0 Å². The summed E-state index contributed by atoms with van der Waals surface area (Å²) in [5.41, 5.74) is 0.907. The van der Waals surface area contributed by atoms with Crippen LogP contribution in [0.5, 0.6) is 11.5 Å². The fraction of sp³-hybridized carbons (Fsp3) is 0.500. The number of hydrogen-bond donors (Lipinski definition) is 2. The highest BCUT2D eigenvalue weighted by Gasteiger charge is 2.40. The van der Waals surface area contributed by atoms with Gasteiger partial charge in [0.15, 0.2) is 0 Å². The molecule has 4 unspecified atom stereocenters. The van der Waals surface area contributed by atoms with Gasteiger partial charge in [0.2, 0.25) is 0 Å². The van der Waals surface area contributed by atoms with E-state index in [1.807, 2.05) is 0 Å². The molecule has 0 radical (unpaired) electrons. The van der Waals surface area contributed by atoms with Crippen molar-refractivity contribution in [1.29, 1.82) is 0 Å². The van der Waals surface area contributed by atoms with Gasteiger partial charge < -0.3 is 19.7 Å². The number of fused-ring (bicyclic) bond motifs is 1. The number of phenols is 2. The molecule has 6 heteroatoms. The van der Waals surface area contributed by atoms with Gasteiger partial charge in [-0.05, 0) is 105 Å². The zero-order valence-electron chi connectivity index (χ0n) is 20.7. The van der Waals surface area contributed by atoms with Crippen LogP contribution in [0.25, 0.3) is 0 Å². The summed E-state index contributed by atoms with van der Waals surface area (Å²) in [6.45, 7) is 9.12. The van der Waals surface area contributed by atoms with E-state index in [9.17, 15) is 9.59 Å². The van der Waals surface area contributed by atoms with Gasteiger partial charge in [-0.3, -0.25) is 0 Å². The SMILES string of the molecule is CC1CC(C)C2CCCC12.CCOC(=O)c1ccc(O)cc1.CCOC(=O)c1ccc(O)cc1. The molecular weight excluding hydrogens is 432 g/mol. The zero-order chi connectivity index (χ0) is 25.1. The highest BCUT2D eigenvalue weighted by Crippen LogP contribution is 2.50. The fourth-order valence-electron chi connectivity index (χ4n) is 4.99. The van der Waals surface area contributed by atoms with Crippen LogP contribution in [0.4, 0.5) is 0 Å². The molecule has 4 rings (SSSR count). The van der Waals surface area contributed by atoms with Crippen LogP contribution in [-0.4, -0.2) is 35.4 Å². The Bertz CT molecular complexity index is 817. The molecule has 2 N–H and O–H groups in total. The molecule has 186 valence electrons. The van der Waals surface area contributed by atoms with Crippen LogP contribution in [0.15, 0.2) is 48.5 Å². The van der Waals surface area contributed by atoms with Crippen LogP contribution in [0.2, 0.25) is 0 Å². The quantitative estimate of drug-likeness (QED) is 0.516. The number of aromatic hydroxyl groups is 2. The number of esters is 2. The number of carbonyl (C=O) groups excluding carboxylic acids is 2. The first kappa shape index (κ1) is 27.2. The summed E-state index contributed by atoms with van der Waals surface area (Å²) in [7, 11) is 0. The van der Waals surface area contributed by atoms with Crippen LogP contribution < -0.4 is 0 Å². The van der Waals surface area contributed by atoms with E-state index in [1.54, 1.807) is 13.8 Å². The Balaban J connectivity index is 0.000000181. The molecule has 4 atom stereocenters. The molecule has 6 nitrogen and oxygen atoms in total. The van der Waals surface area contributed by atoms with Crippen molar-refractivity contribution in [2.45, 2.75) is 53.4 Å². The molecule has 0 heterocycles. The van der Waals surface area contributed by atoms with Gasteiger partial charge in [-0.1, -0.05) is 20.3 Å². The van der Waals surface area contributed by atoms with Crippen LogP contribution in [0.3, 0.4) is 0 Å². The molecule has 0 bridgehead atoms. The van der Waals surface area contributed by atoms with E-state index in [-0.39, 0.29) is 23.4 Å². The molecule has 0 aliphatic heterocycles. The first-order valence-electron chi connectivity index (χ1n) is 12.2. The van der Waals surface area contributed by atoms with Gasteiger partial charge in [-0.25, -0.2) is 9.59 Å². The van der Waals surface area contributed by atoms with E-state index in [1.165, 1.54) is 74.2 Å².